The molecule has 2 nitrogen and oxygen atoms in total. The SMILES string of the molecule is CCNC(CCCOC)c1ccc(F)cc1. The first kappa shape index (κ1) is 13.1. The van der Waals surface area contributed by atoms with Gasteiger partial charge in [-0.3, -0.25) is 0 Å². The van der Waals surface area contributed by atoms with Crippen LogP contribution in [0.2, 0.25) is 0 Å². The van der Waals surface area contributed by atoms with Crippen molar-refractivity contribution in [3.8, 4) is 0 Å². The Kier molecular flexibility index (Phi) is 6.04. The van der Waals surface area contributed by atoms with Crippen molar-refractivity contribution in [3.63, 3.8) is 0 Å². The Labute approximate surface area is 96.8 Å². The van der Waals surface area contributed by atoms with E-state index in [1.807, 2.05) is 12.1 Å². The number of rotatable bonds is 7. The number of hydrogen-bond acceptors (Lipinski definition) is 2. The van der Waals surface area contributed by atoms with Gasteiger partial charge in [0.15, 0.2) is 0 Å². The lowest BCUT2D eigenvalue weighted by atomic mass is 10.0. The average Bonchev–Trinajstić information content (AvgIpc) is 2.29. The molecular formula is C13H20FNO. The molecule has 0 amide bonds. The lowest BCUT2D eigenvalue weighted by Gasteiger charge is -2.18. The summed E-state index contributed by atoms with van der Waals surface area (Å²) in [5.74, 6) is -0.184. The molecule has 0 aliphatic carbocycles. The zero-order chi connectivity index (χ0) is 11.8. The van der Waals surface area contributed by atoms with Gasteiger partial charge in [-0.05, 0) is 37.1 Å². The maximum Gasteiger partial charge on any atom is 0.123 e. The summed E-state index contributed by atoms with van der Waals surface area (Å²) >= 11 is 0. The van der Waals surface area contributed by atoms with Crippen LogP contribution < -0.4 is 5.32 Å². The lowest BCUT2D eigenvalue weighted by molar-refractivity contribution is 0.189. The van der Waals surface area contributed by atoms with Crippen LogP contribution in [0.3, 0.4) is 0 Å². The number of hydrogen-bond donors (Lipinski definition) is 1. The quantitative estimate of drug-likeness (QED) is 0.720. The predicted molar refractivity (Wildman–Crippen MR) is 63.9 cm³/mol. The van der Waals surface area contributed by atoms with Crippen LogP contribution in [0.1, 0.15) is 31.4 Å². The zero-order valence-corrected chi connectivity index (χ0v) is 10.0. The highest BCUT2D eigenvalue weighted by atomic mass is 19.1. The summed E-state index contributed by atoms with van der Waals surface area (Å²) < 4.78 is 17.8. The number of methoxy groups -OCH3 is 1. The summed E-state index contributed by atoms with van der Waals surface area (Å²) in [7, 11) is 1.71. The third kappa shape index (κ3) is 4.29. The molecule has 1 rings (SSSR count). The first-order chi connectivity index (χ1) is 7.77. The van der Waals surface area contributed by atoms with Gasteiger partial charge in [0.25, 0.3) is 0 Å². The Morgan fingerprint density at radius 2 is 2.00 bits per heavy atom. The highest BCUT2D eigenvalue weighted by Gasteiger charge is 2.09. The third-order valence-corrected chi connectivity index (χ3v) is 2.56. The fourth-order valence-electron chi connectivity index (χ4n) is 1.76. The minimum Gasteiger partial charge on any atom is -0.385 e. The maximum atomic E-state index is 12.8. The molecule has 0 saturated carbocycles. The number of halogens is 1. The van der Waals surface area contributed by atoms with E-state index in [4.69, 9.17) is 4.74 Å². The molecule has 90 valence electrons. The largest absolute Gasteiger partial charge is 0.385 e. The smallest absolute Gasteiger partial charge is 0.123 e. The molecule has 16 heavy (non-hydrogen) atoms. The van der Waals surface area contributed by atoms with Crippen LogP contribution >= 0.6 is 0 Å². The minimum atomic E-state index is -0.184. The average molecular weight is 225 g/mol. The van der Waals surface area contributed by atoms with Crippen LogP contribution in [-0.4, -0.2) is 20.3 Å². The number of nitrogens with one attached hydrogen (secondary N) is 1. The van der Waals surface area contributed by atoms with Gasteiger partial charge in [0.1, 0.15) is 5.82 Å². The normalized spacial score (nSPS) is 12.7. The molecule has 1 N–H and O–H groups in total. The molecule has 1 unspecified atom stereocenters. The molecule has 0 radical (unpaired) electrons. The molecule has 0 aliphatic rings. The molecule has 0 saturated heterocycles. The van der Waals surface area contributed by atoms with Crippen molar-refractivity contribution >= 4 is 0 Å². The van der Waals surface area contributed by atoms with Crippen molar-refractivity contribution in [2.45, 2.75) is 25.8 Å². The second-order valence-corrected chi connectivity index (χ2v) is 3.80. The summed E-state index contributed by atoms with van der Waals surface area (Å²) in [6.45, 7) is 3.75. The predicted octanol–water partition coefficient (Wildman–Crippen LogP) is 2.90. The standard InChI is InChI=1S/C13H20FNO/c1-3-15-13(5-4-10-16-2)11-6-8-12(14)9-7-11/h6-9,13,15H,3-5,10H2,1-2H3. The van der Waals surface area contributed by atoms with Crippen LogP contribution in [0.25, 0.3) is 0 Å². The first-order valence-corrected chi connectivity index (χ1v) is 5.75. The monoisotopic (exact) mass is 225 g/mol. The van der Waals surface area contributed by atoms with Crippen molar-refractivity contribution in [1.29, 1.82) is 0 Å². The second kappa shape index (κ2) is 7.36. The molecule has 0 spiro atoms. The van der Waals surface area contributed by atoms with E-state index >= 15 is 0 Å². The summed E-state index contributed by atoms with van der Waals surface area (Å²) in [4.78, 5) is 0. The number of ether oxygens (including phenoxy) is 1. The Hall–Kier alpha value is -0.930. The lowest BCUT2D eigenvalue weighted by Crippen LogP contribution is -2.21. The van der Waals surface area contributed by atoms with E-state index in [9.17, 15) is 4.39 Å². The van der Waals surface area contributed by atoms with E-state index in [1.54, 1.807) is 7.11 Å². The molecular weight excluding hydrogens is 205 g/mol. The molecule has 3 heteroatoms. The topological polar surface area (TPSA) is 21.3 Å². The molecule has 0 bridgehead atoms. The van der Waals surface area contributed by atoms with E-state index in [0.717, 1.165) is 31.6 Å². The van der Waals surface area contributed by atoms with E-state index in [2.05, 4.69) is 12.2 Å². The van der Waals surface area contributed by atoms with Gasteiger partial charge in [0, 0.05) is 19.8 Å². The van der Waals surface area contributed by atoms with Gasteiger partial charge in [-0.25, -0.2) is 4.39 Å². The molecule has 0 fully saturated rings. The van der Waals surface area contributed by atoms with Gasteiger partial charge >= 0.3 is 0 Å². The highest BCUT2D eigenvalue weighted by molar-refractivity contribution is 5.19. The first-order valence-electron chi connectivity index (χ1n) is 5.75. The summed E-state index contributed by atoms with van der Waals surface area (Å²) in [6, 6.07) is 7.00. The maximum absolute atomic E-state index is 12.8. The van der Waals surface area contributed by atoms with E-state index in [-0.39, 0.29) is 5.82 Å². The van der Waals surface area contributed by atoms with Gasteiger partial charge in [0.05, 0.1) is 0 Å². The van der Waals surface area contributed by atoms with Gasteiger partial charge in [-0.15, -0.1) is 0 Å². The van der Waals surface area contributed by atoms with Gasteiger partial charge in [-0.1, -0.05) is 19.1 Å². The van der Waals surface area contributed by atoms with Crippen LogP contribution in [0.15, 0.2) is 24.3 Å². The van der Waals surface area contributed by atoms with Crippen molar-refractivity contribution in [1.82, 2.24) is 5.32 Å². The van der Waals surface area contributed by atoms with Gasteiger partial charge in [0.2, 0.25) is 0 Å². The highest BCUT2D eigenvalue weighted by Crippen LogP contribution is 2.18. The summed E-state index contributed by atoms with van der Waals surface area (Å²) in [6.07, 6.45) is 2.01. The fourth-order valence-corrected chi connectivity index (χ4v) is 1.76. The molecule has 0 heterocycles. The van der Waals surface area contributed by atoms with E-state index < -0.39 is 0 Å². The Balaban J connectivity index is 2.57. The van der Waals surface area contributed by atoms with Gasteiger partial charge < -0.3 is 10.1 Å². The Morgan fingerprint density at radius 3 is 2.56 bits per heavy atom. The van der Waals surface area contributed by atoms with E-state index in [0.29, 0.717) is 6.04 Å². The summed E-state index contributed by atoms with van der Waals surface area (Å²) in [5, 5.41) is 3.40. The Morgan fingerprint density at radius 1 is 1.31 bits per heavy atom. The summed E-state index contributed by atoms with van der Waals surface area (Å²) in [5.41, 5.74) is 1.14. The Bertz CT molecular complexity index is 286. The zero-order valence-electron chi connectivity index (χ0n) is 10.0. The molecule has 1 aromatic carbocycles. The van der Waals surface area contributed by atoms with E-state index in [1.165, 1.54) is 12.1 Å². The molecule has 0 aliphatic heterocycles. The molecule has 1 atom stereocenters. The van der Waals surface area contributed by atoms with Crippen LogP contribution in [-0.2, 0) is 4.74 Å². The van der Waals surface area contributed by atoms with Crippen LogP contribution in [0, 0.1) is 5.82 Å². The van der Waals surface area contributed by atoms with Crippen molar-refractivity contribution < 1.29 is 9.13 Å². The molecule has 1 aromatic rings. The second-order valence-electron chi connectivity index (χ2n) is 3.80. The fraction of sp³-hybridized carbons (Fsp3) is 0.538. The van der Waals surface area contributed by atoms with Crippen molar-refractivity contribution in [2.24, 2.45) is 0 Å². The van der Waals surface area contributed by atoms with Crippen molar-refractivity contribution in [2.75, 3.05) is 20.3 Å². The molecule has 0 aromatic heterocycles. The van der Waals surface area contributed by atoms with Crippen molar-refractivity contribution in [3.05, 3.63) is 35.6 Å². The van der Waals surface area contributed by atoms with Crippen LogP contribution in [0.4, 0.5) is 4.39 Å². The van der Waals surface area contributed by atoms with Crippen LogP contribution in [0.5, 0.6) is 0 Å². The third-order valence-electron chi connectivity index (χ3n) is 2.56. The minimum absolute atomic E-state index is 0.184. The van der Waals surface area contributed by atoms with Gasteiger partial charge in [-0.2, -0.15) is 0 Å². The number of benzene rings is 1.